The molecule has 5 aromatic rings. The summed E-state index contributed by atoms with van der Waals surface area (Å²) in [7, 11) is -3.34. The average Bonchev–Trinajstić information content (AvgIpc) is 3.38. The van der Waals surface area contributed by atoms with Crippen LogP contribution >= 0.6 is 0 Å². The van der Waals surface area contributed by atoms with Gasteiger partial charge >= 0.3 is 0 Å². The van der Waals surface area contributed by atoms with Crippen molar-refractivity contribution in [3.63, 3.8) is 0 Å². The van der Waals surface area contributed by atoms with Crippen LogP contribution in [0.1, 0.15) is 23.6 Å². The van der Waals surface area contributed by atoms with E-state index in [0.29, 0.717) is 5.69 Å². The Hall–Kier alpha value is -3.98. The van der Waals surface area contributed by atoms with Crippen molar-refractivity contribution in [2.45, 2.75) is 33.2 Å². The number of hydrogen-bond acceptors (Lipinski definition) is 6. The maximum absolute atomic E-state index is 11.6. The predicted octanol–water partition coefficient (Wildman–Crippen LogP) is 5.37. The number of pyridine rings is 2. The largest absolute Gasteiger partial charge is 0.361 e. The van der Waals surface area contributed by atoms with Gasteiger partial charge in [-0.15, -0.1) is 0 Å². The lowest BCUT2D eigenvalue weighted by Gasteiger charge is -2.07. The molecule has 0 fully saturated rings. The maximum Gasteiger partial charge on any atom is 0.229 e. The summed E-state index contributed by atoms with van der Waals surface area (Å²) in [6.45, 7) is 4.63. The highest BCUT2D eigenvalue weighted by molar-refractivity contribution is 7.92. The van der Waals surface area contributed by atoms with E-state index >= 15 is 0 Å². The van der Waals surface area contributed by atoms with Crippen molar-refractivity contribution in [3.05, 3.63) is 84.3 Å². The van der Waals surface area contributed by atoms with Crippen LogP contribution in [-0.2, 0) is 23.0 Å². The molecule has 4 aromatic heterocycles. The molecule has 0 aliphatic heterocycles. The van der Waals surface area contributed by atoms with Crippen molar-refractivity contribution >= 4 is 26.7 Å². The van der Waals surface area contributed by atoms with Crippen LogP contribution in [0.3, 0.4) is 0 Å². The monoisotopic (exact) mass is 501 g/mol. The van der Waals surface area contributed by atoms with Crippen LogP contribution in [0.5, 0.6) is 0 Å². The molecule has 0 saturated carbocycles. The second-order valence-corrected chi connectivity index (χ2v) is 10.7. The van der Waals surface area contributed by atoms with E-state index in [9.17, 15) is 8.42 Å². The Kier molecular flexibility index (Phi) is 6.32. The number of benzene rings is 1. The maximum atomic E-state index is 11.6. The summed E-state index contributed by atoms with van der Waals surface area (Å²) >= 11 is 0. The number of sulfonamides is 1. The Morgan fingerprint density at radius 3 is 2.50 bits per heavy atom. The van der Waals surface area contributed by atoms with Crippen molar-refractivity contribution in [1.29, 1.82) is 0 Å². The van der Waals surface area contributed by atoms with Gasteiger partial charge in [-0.05, 0) is 62.6 Å². The lowest BCUT2D eigenvalue weighted by Crippen LogP contribution is -2.09. The first-order valence-electron chi connectivity index (χ1n) is 11.7. The highest BCUT2D eigenvalue weighted by Crippen LogP contribution is 2.34. The molecule has 9 heteroatoms. The van der Waals surface area contributed by atoms with E-state index in [1.807, 2.05) is 56.6 Å². The quantitative estimate of drug-likeness (QED) is 0.306. The predicted molar refractivity (Wildman–Crippen MR) is 141 cm³/mol. The Balaban J connectivity index is 1.53. The molecule has 1 aromatic carbocycles. The molecule has 0 saturated heterocycles. The van der Waals surface area contributed by atoms with Crippen LogP contribution in [0.25, 0.3) is 33.3 Å². The number of rotatable bonds is 8. The summed E-state index contributed by atoms with van der Waals surface area (Å²) < 4.78 is 33.3. The Labute approximate surface area is 210 Å². The molecule has 0 aliphatic rings. The molecule has 0 atom stereocenters. The fourth-order valence-electron chi connectivity index (χ4n) is 4.50. The molecule has 36 heavy (non-hydrogen) atoms. The van der Waals surface area contributed by atoms with Crippen molar-refractivity contribution in [2.24, 2.45) is 0 Å². The zero-order chi connectivity index (χ0) is 25.3. The van der Waals surface area contributed by atoms with Crippen molar-refractivity contribution in [2.75, 3.05) is 11.0 Å². The number of aryl methyl sites for hydroxylation is 4. The number of hydrogen-bond donors (Lipinski definition) is 1. The van der Waals surface area contributed by atoms with Gasteiger partial charge in [0, 0.05) is 53.2 Å². The van der Waals surface area contributed by atoms with Crippen LogP contribution in [-0.4, -0.2) is 34.4 Å². The van der Waals surface area contributed by atoms with Gasteiger partial charge in [0.25, 0.3) is 0 Å². The van der Waals surface area contributed by atoms with Gasteiger partial charge in [0.05, 0.1) is 23.0 Å². The molecule has 8 nitrogen and oxygen atoms in total. The van der Waals surface area contributed by atoms with E-state index in [2.05, 4.69) is 31.7 Å². The lowest BCUT2D eigenvalue weighted by atomic mass is 10.0. The van der Waals surface area contributed by atoms with Crippen LogP contribution in [0.4, 0.5) is 5.69 Å². The number of fused-ring (bicyclic) bond motifs is 1. The minimum Gasteiger partial charge on any atom is -0.361 e. The van der Waals surface area contributed by atoms with Gasteiger partial charge in [-0.3, -0.25) is 14.7 Å². The molecule has 5 rings (SSSR count). The molecule has 0 radical (unpaired) electrons. The van der Waals surface area contributed by atoms with E-state index in [0.717, 1.165) is 76.1 Å². The molecule has 0 unspecified atom stereocenters. The van der Waals surface area contributed by atoms with Gasteiger partial charge in [0.1, 0.15) is 5.76 Å². The fourth-order valence-corrected chi connectivity index (χ4v) is 5.07. The van der Waals surface area contributed by atoms with Crippen LogP contribution in [0, 0.1) is 13.8 Å². The highest BCUT2D eigenvalue weighted by atomic mass is 32.2. The van der Waals surface area contributed by atoms with Gasteiger partial charge in [-0.2, -0.15) is 0 Å². The van der Waals surface area contributed by atoms with Gasteiger partial charge in [-0.1, -0.05) is 23.4 Å². The van der Waals surface area contributed by atoms with Crippen LogP contribution < -0.4 is 4.72 Å². The molecule has 0 spiro atoms. The first kappa shape index (κ1) is 23.7. The van der Waals surface area contributed by atoms with Gasteiger partial charge in [0.2, 0.25) is 10.0 Å². The SMILES string of the molecule is Cc1noc(C)c1-c1cnc2c(-c3ccc(NS(C)(=O)=O)cc3)cn(CCCc3ccccn3)c2c1. The van der Waals surface area contributed by atoms with E-state index < -0.39 is 10.0 Å². The normalized spacial score (nSPS) is 11.8. The summed E-state index contributed by atoms with van der Waals surface area (Å²) in [5.74, 6) is 0.760. The van der Waals surface area contributed by atoms with E-state index in [4.69, 9.17) is 9.51 Å². The lowest BCUT2D eigenvalue weighted by molar-refractivity contribution is 0.393. The van der Waals surface area contributed by atoms with Crippen LogP contribution in [0.15, 0.2) is 71.6 Å². The molecule has 1 N–H and O–H groups in total. The van der Waals surface area contributed by atoms with Crippen molar-refractivity contribution < 1.29 is 12.9 Å². The van der Waals surface area contributed by atoms with E-state index in [1.54, 1.807) is 12.1 Å². The molecular formula is C27H27N5O3S. The summed E-state index contributed by atoms with van der Waals surface area (Å²) in [5.41, 5.74) is 8.18. The first-order chi connectivity index (χ1) is 17.3. The summed E-state index contributed by atoms with van der Waals surface area (Å²) in [6.07, 6.45) is 8.73. The molecule has 0 amide bonds. The van der Waals surface area contributed by atoms with Crippen LogP contribution in [0.2, 0.25) is 0 Å². The van der Waals surface area contributed by atoms with E-state index in [-0.39, 0.29) is 0 Å². The smallest absolute Gasteiger partial charge is 0.229 e. The Bertz CT molecular complexity index is 1600. The topological polar surface area (TPSA) is 103 Å². The fraction of sp³-hybridized carbons (Fsp3) is 0.222. The number of anilines is 1. The summed E-state index contributed by atoms with van der Waals surface area (Å²) in [4.78, 5) is 9.29. The molecule has 0 bridgehead atoms. The average molecular weight is 502 g/mol. The van der Waals surface area contributed by atoms with Gasteiger partial charge < -0.3 is 9.09 Å². The Morgan fingerprint density at radius 2 is 1.83 bits per heavy atom. The van der Waals surface area contributed by atoms with Crippen molar-refractivity contribution in [3.8, 4) is 22.3 Å². The third-order valence-corrected chi connectivity index (χ3v) is 6.70. The summed E-state index contributed by atoms with van der Waals surface area (Å²) in [6, 6.07) is 15.5. The molecule has 184 valence electrons. The van der Waals surface area contributed by atoms with E-state index in [1.165, 1.54) is 0 Å². The van der Waals surface area contributed by atoms with Gasteiger partial charge in [0.15, 0.2) is 0 Å². The third kappa shape index (κ3) is 5.01. The number of nitrogens with one attached hydrogen (secondary N) is 1. The standard InChI is InChI=1S/C27H27N5O3S/c1-18-26(19(2)35-30-18)21-15-25-27(29-16-21)24(20-9-11-23(12-10-20)31-36(3,33)34)17-32(25)14-6-8-22-7-4-5-13-28-22/h4-5,7,9-13,15-17,31H,6,8,14H2,1-3H3. The van der Waals surface area contributed by atoms with Gasteiger partial charge in [-0.25, -0.2) is 8.42 Å². The third-order valence-electron chi connectivity index (χ3n) is 6.10. The minimum atomic E-state index is -3.34. The number of aromatic nitrogens is 4. The molecule has 4 heterocycles. The van der Waals surface area contributed by atoms with Crippen molar-refractivity contribution in [1.82, 2.24) is 19.7 Å². The first-order valence-corrected chi connectivity index (χ1v) is 13.6. The zero-order valence-electron chi connectivity index (χ0n) is 20.4. The summed E-state index contributed by atoms with van der Waals surface area (Å²) in [5, 5.41) is 4.10. The molecular weight excluding hydrogens is 474 g/mol. The minimum absolute atomic E-state index is 0.522. The zero-order valence-corrected chi connectivity index (χ0v) is 21.2. The second kappa shape index (κ2) is 9.58. The second-order valence-electron chi connectivity index (χ2n) is 8.90. The Morgan fingerprint density at radius 1 is 1.03 bits per heavy atom. The number of nitrogens with zero attached hydrogens (tertiary/aromatic N) is 4. The highest BCUT2D eigenvalue weighted by Gasteiger charge is 2.17. The molecule has 0 aliphatic carbocycles.